The first-order chi connectivity index (χ1) is 11.1. The van der Waals surface area contributed by atoms with Crippen LogP contribution in [0.4, 0.5) is 4.39 Å². The molecule has 0 radical (unpaired) electrons. The van der Waals surface area contributed by atoms with Gasteiger partial charge in [-0.3, -0.25) is 9.69 Å². The number of benzene rings is 1. The second kappa shape index (κ2) is 7.00. The Morgan fingerprint density at radius 2 is 1.87 bits per heavy atom. The number of carbonyl (C=O) groups excluding carboxylic acids is 1. The molecule has 0 atom stereocenters. The van der Waals surface area contributed by atoms with Crippen molar-refractivity contribution in [2.24, 2.45) is 0 Å². The number of hydrogen-bond donors (Lipinski definition) is 1. The monoisotopic (exact) mass is 318 g/mol. The quantitative estimate of drug-likeness (QED) is 0.873. The van der Waals surface area contributed by atoms with Crippen LogP contribution in [0.5, 0.6) is 0 Å². The molecule has 3 nitrogen and oxygen atoms in total. The first-order valence-electron chi connectivity index (χ1n) is 8.82. The van der Waals surface area contributed by atoms with Crippen LogP contribution >= 0.6 is 0 Å². The number of rotatable bonds is 6. The van der Waals surface area contributed by atoms with E-state index in [1.807, 2.05) is 19.2 Å². The maximum Gasteiger partial charge on any atom is 0.234 e. The Hall–Kier alpha value is -1.42. The highest BCUT2D eigenvalue weighted by Gasteiger charge is 2.34. The van der Waals surface area contributed by atoms with Crippen molar-refractivity contribution in [1.82, 2.24) is 10.2 Å². The lowest BCUT2D eigenvalue weighted by atomic mass is 9.69. The number of halogens is 1. The van der Waals surface area contributed by atoms with Gasteiger partial charge < -0.3 is 5.32 Å². The van der Waals surface area contributed by atoms with Crippen molar-refractivity contribution in [3.05, 3.63) is 35.6 Å². The molecule has 0 spiro atoms. The predicted octanol–water partition coefficient (Wildman–Crippen LogP) is 3.24. The summed E-state index contributed by atoms with van der Waals surface area (Å²) < 4.78 is 13.2. The van der Waals surface area contributed by atoms with E-state index in [2.05, 4.69) is 10.2 Å². The largest absolute Gasteiger partial charge is 0.354 e. The molecule has 2 aliphatic carbocycles. The average Bonchev–Trinajstić information content (AvgIpc) is 3.39. The first kappa shape index (κ1) is 16.4. The van der Waals surface area contributed by atoms with Crippen LogP contribution < -0.4 is 5.32 Å². The molecule has 126 valence electrons. The van der Waals surface area contributed by atoms with Gasteiger partial charge in [-0.15, -0.1) is 0 Å². The molecule has 23 heavy (non-hydrogen) atoms. The maximum atomic E-state index is 13.2. The minimum absolute atomic E-state index is 0.0280. The molecule has 2 aliphatic rings. The number of nitrogens with one attached hydrogen (secondary N) is 1. The van der Waals surface area contributed by atoms with E-state index in [1.165, 1.54) is 44.2 Å². The summed E-state index contributed by atoms with van der Waals surface area (Å²) in [6.45, 7) is 1.14. The molecule has 1 amide bonds. The summed E-state index contributed by atoms with van der Waals surface area (Å²) in [5, 5.41) is 3.15. The van der Waals surface area contributed by atoms with Gasteiger partial charge in [-0.25, -0.2) is 4.39 Å². The molecule has 0 unspecified atom stereocenters. The van der Waals surface area contributed by atoms with E-state index < -0.39 is 0 Å². The third-order valence-corrected chi connectivity index (χ3v) is 5.45. The molecule has 0 saturated heterocycles. The SMILES string of the molecule is CN(CC(=O)NCC1(c2ccc(F)cc2)CCCCC1)C1CC1. The maximum absolute atomic E-state index is 13.2. The second-order valence-corrected chi connectivity index (χ2v) is 7.27. The Balaban J connectivity index is 1.64. The summed E-state index contributed by atoms with van der Waals surface area (Å²) in [5.74, 6) is -0.0961. The van der Waals surface area contributed by atoms with Gasteiger partial charge >= 0.3 is 0 Å². The van der Waals surface area contributed by atoms with Gasteiger partial charge in [0.05, 0.1) is 6.54 Å². The minimum atomic E-state index is -0.199. The predicted molar refractivity (Wildman–Crippen MR) is 89.8 cm³/mol. The zero-order valence-corrected chi connectivity index (χ0v) is 14.0. The Bertz CT molecular complexity index is 533. The molecule has 1 aromatic rings. The van der Waals surface area contributed by atoms with Crippen LogP contribution in [-0.2, 0) is 10.2 Å². The van der Waals surface area contributed by atoms with Crippen LogP contribution in [-0.4, -0.2) is 37.0 Å². The van der Waals surface area contributed by atoms with Crippen LogP contribution in [0.15, 0.2) is 24.3 Å². The van der Waals surface area contributed by atoms with Gasteiger partial charge in [0, 0.05) is 18.0 Å². The van der Waals surface area contributed by atoms with Crippen molar-refractivity contribution in [3.63, 3.8) is 0 Å². The standard InChI is InChI=1S/C19H27FN2O/c1-22(17-9-10-17)13-18(23)21-14-19(11-3-2-4-12-19)15-5-7-16(20)8-6-15/h5-8,17H,2-4,9-14H2,1H3,(H,21,23). The van der Waals surface area contributed by atoms with Crippen molar-refractivity contribution in [2.75, 3.05) is 20.1 Å². The average molecular weight is 318 g/mol. The lowest BCUT2D eigenvalue weighted by molar-refractivity contribution is -0.122. The van der Waals surface area contributed by atoms with Crippen LogP contribution in [0.3, 0.4) is 0 Å². The van der Waals surface area contributed by atoms with Crippen LogP contribution in [0.25, 0.3) is 0 Å². The van der Waals surface area contributed by atoms with Gasteiger partial charge in [0.25, 0.3) is 0 Å². The Morgan fingerprint density at radius 1 is 1.22 bits per heavy atom. The minimum Gasteiger partial charge on any atom is -0.354 e. The third-order valence-electron chi connectivity index (χ3n) is 5.45. The molecule has 0 aliphatic heterocycles. The normalized spacial score (nSPS) is 20.5. The van der Waals surface area contributed by atoms with Crippen molar-refractivity contribution >= 4 is 5.91 Å². The molecular formula is C19H27FN2O. The molecule has 0 heterocycles. The van der Waals surface area contributed by atoms with Gasteiger partial charge in [-0.2, -0.15) is 0 Å². The summed E-state index contributed by atoms with van der Waals surface area (Å²) in [6, 6.07) is 7.45. The zero-order valence-electron chi connectivity index (χ0n) is 14.0. The van der Waals surface area contributed by atoms with Gasteiger partial charge in [-0.1, -0.05) is 31.4 Å². The lowest BCUT2D eigenvalue weighted by Gasteiger charge is -2.38. The molecule has 3 rings (SSSR count). The number of carbonyl (C=O) groups is 1. The number of nitrogens with zero attached hydrogens (tertiary/aromatic N) is 1. The van der Waals surface area contributed by atoms with Crippen molar-refractivity contribution in [2.45, 2.75) is 56.4 Å². The van der Waals surface area contributed by atoms with Gasteiger partial charge in [-0.05, 0) is 50.4 Å². The molecule has 1 N–H and O–H groups in total. The van der Waals surface area contributed by atoms with E-state index in [0.717, 1.165) is 18.4 Å². The Morgan fingerprint density at radius 3 is 2.48 bits per heavy atom. The third kappa shape index (κ3) is 4.11. The van der Waals surface area contributed by atoms with Gasteiger partial charge in [0.2, 0.25) is 5.91 Å². The fraction of sp³-hybridized carbons (Fsp3) is 0.632. The van der Waals surface area contributed by atoms with Crippen LogP contribution in [0.1, 0.15) is 50.5 Å². The number of likely N-dealkylation sites (N-methyl/N-ethyl adjacent to an activating group) is 1. The Kier molecular flexibility index (Phi) is 5.00. The molecule has 2 saturated carbocycles. The summed E-state index contributed by atoms with van der Waals surface area (Å²) in [5.41, 5.74) is 1.13. The topological polar surface area (TPSA) is 32.3 Å². The highest BCUT2D eigenvalue weighted by Crippen LogP contribution is 2.39. The molecular weight excluding hydrogens is 291 g/mol. The summed E-state index contributed by atoms with van der Waals surface area (Å²) >= 11 is 0. The van der Waals surface area contributed by atoms with Crippen LogP contribution in [0.2, 0.25) is 0 Å². The van der Waals surface area contributed by atoms with E-state index in [4.69, 9.17) is 0 Å². The number of hydrogen-bond acceptors (Lipinski definition) is 2. The van der Waals surface area contributed by atoms with E-state index >= 15 is 0 Å². The van der Waals surface area contributed by atoms with E-state index in [-0.39, 0.29) is 17.1 Å². The summed E-state index contributed by atoms with van der Waals surface area (Å²) in [4.78, 5) is 14.4. The molecule has 0 aromatic heterocycles. The highest BCUT2D eigenvalue weighted by molar-refractivity contribution is 5.78. The molecule has 4 heteroatoms. The van der Waals surface area contributed by atoms with E-state index in [0.29, 0.717) is 19.1 Å². The van der Waals surface area contributed by atoms with Gasteiger partial charge in [0.1, 0.15) is 5.82 Å². The van der Waals surface area contributed by atoms with Crippen molar-refractivity contribution in [3.8, 4) is 0 Å². The Labute approximate surface area is 138 Å². The smallest absolute Gasteiger partial charge is 0.234 e. The highest BCUT2D eigenvalue weighted by atomic mass is 19.1. The summed E-state index contributed by atoms with van der Waals surface area (Å²) in [7, 11) is 2.02. The van der Waals surface area contributed by atoms with Crippen LogP contribution in [0, 0.1) is 5.82 Å². The number of amides is 1. The van der Waals surface area contributed by atoms with E-state index in [1.54, 1.807) is 0 Å². The van der Waals surface area contributed by atoms with Crippen molar-refractivity contribution in [1.29, 1.82) is 0 Å². The second-order valence-electron chi connectivity index (χ2n) is 7.27. The van der Waals surface area contributed by atoms with Crippen molar-refractivity contribution < 1.29 is 9.18 Å². The molecule has 2 fully saturated rings. The first-order valence-corrected chi connectivity index (χ1v) is 8.82. The molecule has 1 aromatic carbocycles. The summed E-state index contributed by atoms with van der Waals surface area (Å²) in [6.07, 6.45) is 8.16. The fourth-order valence-electron chi connectivity index (χ4n) is 3.79. The lowest BCUT2D eigenvalue weighted by Crippen LogP contribution is -2.45. The molecule has 0 bridgehead atoms. The van der Waals surface area contributed by atoms with Gasteiger partial charge in [0.15, 0.2) is 0 Å². The fourth-order valence-corrected chi connectivity index (χ4v) is 3.79. The zero-order chi connectivity index (χ0) is 16.3. The van der Waals surface area contributed by atoms with E-state index in [9.17, 15) is 9.18 Å².